The van der Waals surface area contributed by atoms with Gasteiger partial charge in [0.15, 0.2) is 11.7 Å². The first-order chi connectivity index (χ1) is 10.9. The van der Waals surface area contributed by atoms with Gasteiger partial charge in [0.05, 0.1) is 17.6 Å². The van der Waals surface area contributed by atoms with Gasteiger partial charge in [-0.3, -0.25) is 0 Å². The number of H-pyrrole nitrogens is 1. The van der Waals surface area contributed by atoms with Crippen molar-refractivity contribution in [1.82, 2.24) is 4.98 Å². The summed E-state index contributed by atoms with van der Waals surface area (Å²) in [7, 11) is 0. The van der Waals surface area contributed by atoms with Crippen molar-refractivity contribution in [3.8, 4) is 0 Å². The number of aromatic amines is 1. The molecule has 0 bridgehead atoms. The maximum atomic E-state index is 11.2. The molecule has 124 valence electrons. The van der Waals surface area contributed by atoms with E-state index in [0.717, 1.165) is 0 Å². The number of fused-ring (bicyclic) bond motifs is 1. The van der Waals surface area contributed by atoms with Crippen LogP contribution in [0.2, 0.25) is 0 Å². The molecule has 9 heteroatoms. The molecule has 0 saturated carbocycles. The molecule has 0 radical (unpaired) electrons. The zero-order valence-corrected chi connectivity index (χ0v) is 12.3. The number of halogens is 1. The standard InChI is InChI=1S/C14H14ClNO7/c15-23-13-11(18)14(21,10(17)9(22-13)12(19)20)8-5-6-3-1-2-4-7(6)16-8/h1-5,9-11,13,16-18,21H,(H,19,20)/t9-,10+,11-,13-,14-/m0/s1. The summed E-state index contributed by atoms with van der Waals surface area (Å²) in [5, 5.41) is 41.3. The highest BCUT2D eigenvalue weighted by Gasteiger charge is 2.59. The Kier molecular flexibility index (Phi) is 4.05. The van der Waals surface area contributed by atoms with Crippen LogP contribution in [0.1, 0.15) is 5.69 Å². The second-order valence-electron chi connectivity index (χ2n) is 5.34. The number of nitrogens with one attached hydrogen (secondary N) is 1. The number of aliphatic hydroxyl groups is 3. The fourth-order valence-electron chi connectivity index (χ4n) is 2.78. The lowest BCUT2D eigenvalue weighted by Crippen LogP contribution is -2.66. The van der Waals surface area contributed by atoms with Gasteiger partial charge in [0, 0.05) is 5.52 Å². The van der Waals surface area contributed by atoms with Crippen molar-refractivity contribution in [2.75, 3.05) is 0 Å². The zero-order valence-electron chi connectivity index (χ0n) is 11.6. The molecule has 1 aromatic heterocycles. The highest BCUT2D eigenvalue weighted by molar-refractivity contribution is 6.07. The first-order valence-corrected chi connectivity index (χ1v) is 7.03. The maximum absolute atomic E-state index is 11.2. The van der Waals surface area contributed by atoms with Crippen LogP contribution in [-0.2, 0) is 19.4 Å². The highest BCUT2D eigenvalue weighted by Crippen LogP contribution is 2.39. The average molecular weight is 344 g/mol. The monoisotopic (exact) mass is 343 g/mol. The molecule has 2 heterocycles. The fraction of sp³-hybridized carbons (Fsp3) is 0.357. The molecule has 5 N–H and O–H groups in total. The molecule has 5 atom stereocenters. The van der Waals surface area contributed by atoms with Crippen LogP contribution >= 0.6 is 11.9 Å². The van der Waals surface area contributed by atoms with Gasteiger partial charge >= 0.3 is 5.97 Å². The summed E-state index contributed by atoms with van der Waals surface area (Å²) >= 11 is 5.21. The van der Waals surface area contributed by atoms with Gasteiger partial charge in [0.2, 0.25) is 6.29 Å². The van der Waals surface area contributed by atoms with E-state index in [1.165, 1.54) is 6.07 Å². The first kappa shape index (κ1) is 16.2. The van der Waals surface area contributed by atoms with Gasteiger partial charge < -0.3 is 30.1 Å². The number of aliphatic hydroxyl groups excluding tert-OH is 2. The Labute approximate surface area is 135 Å². The van der Waals surface area contributed by atoms with Crippen LogP contribution in [0.25, 0.3) is 10.9 Å². The van der Waals surface area contributed by atoms with Crippen LogP contribution in [0.4, 0.5) is 0 Å². The normalized spacial score (nSPS) is 34.6. The molecule has 0 aliphatic carbocycles. The minimum absolute atomic E-state index is 0.0203. The number of carboxylic acid groups (broad SMARTS) is 1. The number of aromatic nitrogens is 1. The molecule has 1 aromatic carbocycles. The lowest BCUT2D eigenvalue weighted by atomic mass is 9.81. The summed E-state index contributed by atoms with van der Waals surface area (Å²) in [4.78, 5) is 14.1. The molecule has 2 aromatic rings. The number of carbonyl (C=O) groups is 1. The van der Waals surface area contributed by atoms with E-state index in [1.807, 2.05) is 0 Å². The molecule has 1 aliphatic heterocycles. The Bertz CT molecular complexity index is 702. The average Bonchev–Trinajstić information content (AvgIpc) is 2.97. The number of aliphatic carboxylic acids is 1. The maximum Gasteiger partial charge on any atom is 0.335 e. The first-order valence-electron chi connectivity index (χ1n) is 6.72. The molecule has 23 heavy (non-hydrogen) atoms. The lowest BCUT2D eigenvalue weighted by molar-refractivity contribution is -0.311. The smallest absolute Gasteiger partial charge is 0.335 e. The predicted molar refractivity (Wildman–Crippen MR) is 77.4 cm³/mol. The van der Waals surface area contributed by atoms with E-state index in [9.17, 15) is 20.1 Å². The Balaban J connectivity index is 2.12. The van der Waals surface area contributed by atoms with E-state index in [4.69, 9.17) is 21.7 Å². The Morgan fingerprint density at radius 2 is 2.00 bits per heavy atom. The Morgan fingerprint density at radius 1 is 1.30 bits per heavy atom. The molecule has 8 nitrogen and oxygen atoms in total. The van der Waals surface area contributed by atoms with E-state index in [0.29, 0.717) is 10.9 Å². The van der Waals surface area contributed by atoms with Crippen molar-refractivity contribution in [1.29, 1.82) is 0 Å². The molecular formula is C14H14ClNO7. The predicted octanol–water partition coefficient (Wildman–Crippen LogP) is 0.0572. The molecule has 1 aliphatic rings. The largest absolute Gasteiger partial charge is 0.479 e. The van der Waals surface area contributed by atoms with E-state index in [2.05, 4.69) is 9.27 Å². The molecule has 0 amide bonds. The van der Waals surface area contributed by atoms with Gasteiger partial charge in [0.1, 0.15) is 12.2 Å². The van der Waals surface area contributed by atoms with E-state index in [-0.39, 0.29) is 5.69 Å². The van der Waals surface area contributed by atoms with Crippen LogP contribution in [0.15, 0.2) is 30.3 Å². The quantitative estimate of drug-likeness (QED) is 0.532. The molecule has 0 unspecified atom stereocenters. The van der Waals surface area contributed by atoms with Gasteiger partial charge in [0.25, 0.3) is 0 Å². The molecular weight excluding hydrogens is 330 g/mol. The second kappa shape index (κ2) is 5.75. The summed E-state index contributed by atoms with van der Waals surface area (Å²) in [6, 6.07) is 8.50. The highest BCUT2D eigenvalue weighted by atomic mass is 35.5. The number of hydrogen-bond donors (Lipinski definition) is 5. The third kappa shape index (κ3) is 2.40. The number of hydrogen-bond acceptors (Lipinski definition) is 6. The molecule has 1 saturated heterocycles. The van der Waals surface area contributed by atoms with E-state index < -0.39 is 36.2 Å². The zero-order chi connectivity index (χ0) is 16.8. The summed E-state index contributed by atoms with van der Waals surface area (Å²) in [6.07, 6.45) is -7.25. The third-order valence-electron chi connectivity index (χ3n) is 4.02. The van der Waals surface area contributed by atoms with Gasteiger partial charge in [-0.2, -0.15) is 0 Å². The summed E-state index contributed by atoms with van der Waals surface area (Å²) < 4.78 is 9.26. The topological polar surface area (TPSA) is 132 Å². The van der Waals surface area contributed by atoms with Crippen molar-refractivity contribution < 1.29 is 34.2 Å². The number of benzene rings is 1. The summed E-state index contributed by atoms with van der Waals surface area (Å²) in [6.45, 7) is 0. The van der Waals surface area contributed by atoms with Crippen LogP contribution in [0.3, 0.4) is 0 Å². The van der Waals surface area contributed by atoms with Crippen molar-refractivity contribution >= 4 is 28.7 Å². The van der Waals surface area contributed by atoms with Crippen molar-refractivity contribution in [3.05, 3.63) is 36.0 Å². The van der Waals surface area contributed by atoms with Crippen molar-refractivity contribution in [2.24, 2.45) is 0 Å². The van der Waals surface area contributed by atoms with Crippen LogP contribution in [0.5, 0.6) is 0 Å². The summed E-state index contributed by atoms with van der Waals surface area (Å²) in [5.41, 5.74) is -1.72. The summed E-state index contributed by atoms with van der Waals surface area (Å²) in [5.74, 6) is -1.53. The van der Waals surface area contributed by atoms with Crippen molar-refractivity contribution in [2.45, 2.75) is 30.2 Å². The number of ether oxygens (including phenoxy) is 1. The SMILES string of the molecule is O=C(O)[C@H]1O[C@@H](OCl)[C@H](O)[C@](O)(c2cc3ccccc3[nH]2)[C@@H]1O. The van der Waals surface area contributed by atoms with Crippen LogP contribution in [0, 0.1) is 0 Å². The third-order valence-corrected chi connectivity index (χ3v) is 4.20. The van der Waals surface area contributed by atoms with Crippen LogP contribution < -0.4 is 0 Å². The molecule has 1 fully saturated rings. The minimum atomic E-state index is -2.38. The fourth-order valence-corrected chi connectivity index (χ4v) is 2.92. The van der Waals surface area contributed by atoms with Gasteiger partial charge in [-0.1, -0.05) is 18.2 Å². The number of para-hydroxylation sites is 1. The Morgan fingerprint density at radius 3 is 2.61 bits per heavy atom. The Hall–Kier alpha value is -1.68. The van der Waals surface area contributed by atoms with Gasteiger partial charge in [-0.25, -0.2) is 9.08 Å². The number of rotatable bonds is 3. The van der Waals surface area contributed by atoms with Gasteiger partial charge in [-0.15, -0.1) is 0 Å². The van der Waals surface area contributed by atoms with Crippen LogP contribution in [-0.4, -0.2) is 56.0 Å². The van der Waals surface area contributed by atoms with Crippen molar-refractivity contribution in [3.63, 3.8) is 0 Å². The van der Waals surface area contributed by atoms with E-state index in [1.54, 1.807) is 24.3 Å². The second-order valence-corrected chi connectivity index (χ2v) is 5.52. The molecule has 0 spiro atoms. The lowest BCUT2D eigenvalue weighted by Gasteiger charge is -2.45. The van der Waals surface area contributed by atoms with E-state index >= 15 is 0 Å². The number of carboxylic acids is 1. The minimum Gasteiger partial charge on any atom is -0.479 e. The van der Waals surface area contributed by atoms with Gasteiger partial charge in [-0.05, 0) is 17.5 Å². The molecule has 3 rings (SSSR count).